The molecule has 1 heterocycles. The van der Waals surface area contributed by atoms with Gasteiger partial charge in [0.25, 0.3) is 0 Å². The fourth-order valence-corrected chi connectivity index (χ4v) is 3.38. The van der Waals surface area contributed by atoms with Crippen molar-refractivity contribution < 1.29 is 29.0 Å². The van der Waals surface area contributed by atoms with Gasteiger partial charge in [0.1, 0.15) is 6.61 Å². The molecule has 0 radical (unpaired) electrons. The fourth-order valence-electron chi connectivity index (χ4n) is 3.38. The summed E-state index contributed by atoms with van der Waals surface area (Å²) in [6.07, 6.45) is 7.31. The molecule has 0 aromatic heterocycles. The Hall–Kier alpha value is -2.19. The summed E-state index contributed by atoms with van der Waals surface area (Å²) in [5, 5.41) is 11.4. The molecule has 1 aliphatic rings. The molecule has 2 unspecified atom stereocenters. The van der Waals surface area contributed by atoms with Crippen LogP contribution < -0.4 is 5.32 Å². The number of ether oxygens (including phenoxy) is 2. The highest BCUT2D eigenvalue weighted by Crippen LogP contribution is 2.23. The minimum absolute atomic E-state index is 0.0645. The Bertz CT molecular complexity index is 566. The fraction of sp³-hybridized carbons (Fsp3) is 0.682. The largest absolute Gasteiger partial charge is 0.463 e. The number of allylic oxidation sites excluding steroid dienone is 2. The third-order valence-corrected chi connectivity index (χ3v) is 4.92. The summed E-state index contributed by atoms with van der Waals surface area (Å²) < 4.78 is 10.5. The van der Waals surface area contributed by atoms with Gasteiger partial charge in [-0.25, -0.2) is 0 Å². The molecule has 2 N–H and O–H groups in total. The van der Waals surface area contributed by atoms with Crippen LogP contribution in [0.15, 0.2) is 25.3 Å². The molecular weight excluding hydrogens is 388 g/mol. The van der Waals surface area contributed by atoms with Crippen molar-refractivity contribution in [1.82, 2.24) is 10.2 Å². The second-order valence-corrected chi connectivity index (χ2v) is 7.30. The number of hydrogen-bond donors (Lipinski definition) is 2. The maximum absolute atomic E-state index is 13.0. The van der Waals surface area contributed by atoms with Crippen molar-refractivity contribution in [3.05, 3.63) is 25.3 Å². The van der Waals surface area contributed by atoms with E-state index in [-0.39, 0.29) is 50.1 Å². The minimum Gasteiger partial charge on any atom is -0.463 e. The second kappa shape index (κ2) is 15.6. The van der Waals surface area contributed by atoms with Gasteiger partial charge in [0.15, 0.2) is 0 Å². The van der Waals surface area contributed by atoms with Crippen molar-refractivity contribution in [2.45, 2.75) is 51.0 Å². The molecule has 30 heavy (non-hydrogen) atoms. The number of hydrogen-bond acceptors (Lipinski definition) is 6. The molecule has 2 amide bonds. The number of likely N-dealkylation sites (tertiary alicyclic amines) is 1. The molecule has 0 aliphatic carbocycles. The zero-order valence-corrected chi connectivity index (χ0v) is 17.9. The molecule has 2 atom stereocenters. The summed E-state index contributed by atoms with van der Waals surface area (Å²) >= 11 is 0. The zero-order chi connectivity index (χ0) is 22.2. The lowest BCUT2D eigenvalue weighted by molar-refractivity contribution is -0.148. The highest BCUT2D eigenvalue weighted by Gasteiger charge is 2.34. The second-order valence-electron chi connectivity index (χ2n) is 7.30. The molecule has 0 aromatic rings. The Morgan fingerprint density at radius 3 is 2.73 bits per heavy atom. The summed E-state index contributed by atoms with van der Waals surface area (Å²) in [5.74, 6) is -1.09. The number of carbonyl (C=O) groups is 3. The molecular formula is C22H36N2O6. The van der Waals surface area contributed by atoms with Gasteiger partial charge in [-0.2, -0.15) is 0 Å². The molecule has 0 spiro atoms. The zero-order valence-electron chi connectivity index (χ0n) is 17.9. The van der Waals surface area contributed by atoms with E-state index in [2.05, 4.69) is 18.5 Å². The highest BCUT2D eigenvalue weighted by atomic mass is 16.5. The molecule has 170 valence electrons. The van der Waals surface area contributed by atoms with Gasteiger partial charge in [-0.15, -0.1) is 13.2 Å². The van der Waals surface area contributed by atoms with Crippen LogP contribution in [0.25, 0.3) is 0 Å². The first-order chi connectivity index (χ1) is 14.5. The van der Waals surface area contributed by atoms with E-state index < -0.39 is 5.92 Å². The maximum atomic E-state index is 13.0. The molecule has 1 fully saturated rings. The lowest BCUT2D eigenvalue weighted by atomic mass is 9.98. The lowest BCUT2D eigenvalue weighted by Crippen LogP contribution is -2.43. The van der Waals surface area contributed by atoms with Gasteiger partial charge in [-0.05, 0) is 32.1 Å². The van der Waals surface area contributed by atoms with Crippen molar-refractivity contribution in [2.24, 2.45) is 5.92 Å². The van der Waals surface area contributed by atoms with E-state index in [0.717, 1.165) is 19.3 Å². The SMILES string of the molecule is C=CCCCC(=O)OCC1CCCN1C(=O)C(CC=C)CC(=O)NCCOCCO. The third kappa shape index (κ3) is 10.0. The van der Waals surface area contributed by atoms with E-state index in [1.54, 1.807) is 17.1 Å². The Balaban J connectivity index is 2.51. The number of unbranched alkanes of at least 4 members (excludes halogenated alkanes) is 1. The number of rotatable bonds is 16. The van der Waals surface area contributed by atoms with E-state index in [4.69, 9.17) is 14.6 Å². The molecule has 8 nitrogen and oxygen atoms in total. The average Bonchev–Trinajstić information content (AvgIpc) is 3.20. The van der Waals surface area contributed by atoms with Gasteiger partial charge >= 0.3 is 5.97 Å². The minimum atomic E-state index is -0.496. The number of aliphatic hydroxyl groups is 1. The van der Waals surface area contributed by atoms with Gasteiger partial charge in [0, 0.05) is 25.9 Å². The number of nitrogens with zero attached hydrogens (tertiary/aromatic N) is 1. The van der Waals surface area contributed by atoms with Crippen LogP contribution in [0, 0.1) is 5.92 Å². The summed E-state index contributed by atoms with van der Waals surface area (Å²) in [5.41, 5.74) is 0. The molecule has 0 bridgehead atoms. The Morgan fingerprint density at radius 2 is 2.03 bits per heavy atom. The van der Waals surface area contributed by atoms with Gasteiger partial charge in [0.05, 0.1) is 31.8 Å². The van der Waals surface area contributed by atoms with E-state index in [1.165, 1.54) is 0 Å². The van der Waals surface area contributed by atoms with Crippen LogP contribution in [0.3, 0.4) is 0 Å². The average molecular weight is 425 g/mol. The Kier molecular flexibility index (Phi) is 13.5. The number of carbonyl (C=O) groups excluding carboxylic acids is 3. The predicted molar refractivity (Wildman–Crippen MR) is 114 cm³/mol. The van der Waals surface area contributed by atoms with E-state index >= 15 is 0 Å². The van der Waals surface area contributed by atoms with E-state index in [1.807, 2.05) is 0 Å². The number of aliphatic hydroxyl groups excluding tert-OH is 1. The number of esters is 1. The van der Waals surface area contributed by atoms with Crippen molar-refractivity contribution >= 4 is 17.8 Å². The predicted octanol–water partition coefficient (Wildman–Crippen LogP) is 1.58. The quantitative estimate of drug-likeness (QED) is 0.221. The van der Waals surface area contributed by atoms with Gasteiger partial charge < -0.3 is 24.8 Å². The molecule has 0 aromatic carbocycles. The first-order valence-electron chi connectivity index (χ1n) is 10.7. The number of nitrogens with one attached hydrogen (secondary N) is 1. The summed E-state index contributed by atoms with van der Waals surface area (Å²) in [6.45, 7) is 8.91. The highest BCUT2D eigenvalue weighted by molar-refractivity contribution is 5.86. The van der Waals surface area contributed by atoms with Crippen molar-refractivity contribution in [3.63, 3.8) is 0 Å². The molecule has 1 rings (SSSR count). The topological polar surface area (TPSA) is 105 Å². The normalized spacial score (nSPS) is 16.7. The summed E-state index contributed by atoms with van der Waals surface area (Å²) in [4.78, 5) is 38.8. The van der Waals surface area contributed by atoms with Crippen LogP contribution in [0.4, 0.5) is 0 Å². The van der Waals surface area contributed by atoms with Gasteiger partial charge in [-0.3, -0.25) is 14.4 Å². The molecule has 1 aliphatic heterocycles. The van der Waals surface area contributed by atoms with Crippen molar-refractivity contribution in [1.29, 1.82) is 0 Å². The van der Waals surface area contributed by atoms with Crippen LogP contribution in [-0.4, -0.2) is 73.3 Å². The van der Waals surface area contributed by atoms with E-state index in [0.29, 0.717) is 39.0 Å². The van der Waals surface area contributed by atoms with Gasteiger partial charge in [0.2, 0.25) is 11.8 Å². The van der Waals surface area contributed by atoms with Crippen LogP contribution in [0.5, 0.6) is 0 Å². The van der Waals surface area contributed by atoms with Crippen molar-refractivity contribution in [3.8, 4) is 0 Å². The standard InChI is InChI=1S/C22H36N2O6/c1-3-5-6-10-21(27)30-17-19-9-7-12-24(19)22(28)18(8-4-2)16-20(26)23-11-14-29-15-13-25/h3-4,18-19,25H,1-2,5-17H2,(H,23,26). The number of amides is 2. The molecule has 1 saturated heterocycles. The third-order valence-electron chi connectivity index (χ3n) is 4.92. The summed E-state index contributed by atoms with van der Waals surface area (Å²) in [6, 6.07) is -0.150. The Labute approximate surface area is 179 Å². The Morgan fingerprint density at radius 1 is 1.23 bits per heavy atom. The smallest absolute Gasteiger partial charge is 0.305 e. The van der Waals surface area contributed by atoms with E-state index in [9.17, 15) is 14.4 Å². The van der Waals surface area contributed by atoms with Crippen LogP contribution in [0.1, 0.15) is 44.9 Å². The first kappa shape index (κ1) is 25.8. The first-order valence-corrected chi connectivity index (χ1v) is 10.7. The molecule has 8 heteroatoms. The van der Waals surface area contributed by atoms with Crippen LogP contribution >= 0.6 is 0 Å². The van der Waals surface area contributed by atoms with Crippen molar-refractivity contribution in [2.75, 3.05) is 39.5 Å². The van der Waals surface area contributed by atoms with Gasteiger partial charge in [-0.1, -0.05) is 12.2 Å². The van der Waals surface area contributed by atoms with Crippen LogP contribution in [0.2, 0.25) is 0 Å². The maximum Gasteiger partial charge on any atom is 0.305 e. The molecule has 0 saturated carbocycles. The van der Waals surface area contributed by atoms with Crippen LogP contribution in [-0.2, 0) is 23.9 Å². The summed E-state index contributed by atoms with van der Waals surface area (Å²) in [7, 11) is 0. The monoisotopic (exact) mass is 424 g/mol. The lowest BCUT2D eigenvalue weighted by Gasteiger charge is -2.28.